The summed E-state index contributed by atoms with van der Waals surface area (Å²) in [5, 5.41) is 3.90. The highest BCUT2D eigenvalue weighted by Crippen LogP contribution is 2.25. The largest absolute Gasteiger partial charge is 0.398 e. The number of rotatable bonds is 3. The summed E-state index contributed by atoms with van der Waals surface area (Å²) in [6.07, 6.45) is 0. The fourth-order valence-electron chi connectivity index (χ4n) is 1.78. The molecule has 0 bridgehead atoms. The molecule has 0 amide bonds. The van der Waals surface area contributed by atoms with E-state index in [4.69, 9.17) is 17.3 Å². The summed E-state index contributed by atoms with van der Waals surface area (Å²) in [7, 11) is 0. The van der Waals surface area contributed by atoms with Crippen molar-refractivity contribution in [3.05, 3.63) is 52.5 Å². The van der Waals surface area contributed by atoms with Crippen LogP contribution in [0.5, 0.6) is 0 Å². The van der Waals surface area contributed by atoms with Crippen molar-refractivity contribution in [3.63, 3.8) is 0 Å². The van der Waals surface area contributed by atoms with Crippen molar-refractivity contribution in [3.8, 4) is 0 Å². The minimum absolute atomic E-state index is 0.0527. The van der Waals surface area contributed by atoms with Gasteiger partial charge in [0.15, 0.2) is 5.78 Å². The molecule has 0 aromatic heterocycles. The molecule has 19 heavy (non-hydrogen) atoms. The lowest BCUT2D eigenvalue weighted by Crippen LogP contribution is -2.01. The maximum atomic E-state index is 11.4. The number of halogens is 1. The van der Waals surface area contributed by atoms with Gasteiger partial charge in [0.1, 0.15) is 0 Å². The van der Waals surface area contributed by atoms with E-state index in [0.29, 0.717) is 16.3 Å². The van der Waals surface area contributed by atoms with Crippen molar-refractivity contribution in [2.45, 2.75) is 13.8 Å². The van der Waals surface area contributed by atoms with Crippen LogP contribution in [0.15, 0.2) is 36.4 Å². The first-order chi connectivity index (χ1) is 8.97. The Morgan fingerprint density at radius 1 is 1.16 bits per heavy atom. The molecule has 0 unspecified atom stereocenters. The summed E-state index contributed by atoms with van der Waals surface area (Å²) >= 11 is 6.07. The zero-order valence-electron chi connectivity index (χ0n) is 10.8. The van der Waals surface area contributed by atoms with Crippen LogP contribution in [-0.2, 0) is 0 Å². The molecule has 0 heterocycles. The van der Waals surface area contributed by atoms with Crippen LogP contribution in [0.1, 0.15) is 22.8 Å². The summed E-state index contributed by atoms with van der Waals surface area (Å²) in [6, 6.07) is 11.0. The number of Topliss-reactive ketones (excluding diaryl/α,β-unsaturated/α-hetero) is 1. The van der Waals surface area contributed by atoms with E-state index in [9.17, 15) is 4.79 Å². The van der Waals surface area contributed by atoms with Crippen LogP contribution >= 0.6 is 11.6 Å². The molecule has 0 aliphatic heterocycles. The average Bonchev–Trinajstić information content (AvgIpc) is 2.36. The van der Waals surface area contributed by atoms with Crippen molar-refractivity contribution < 1.29 is 4.79 Å². The minimum atomic E-state index is -0.0527. The number of hydrogen-bond donors (Lipinski definition) is 2. The maximum absolute atomic E-state index is 11.4. The number of carbonyl (C=O) groups excluding carboxylic acids is 1. The van der Waals surface area contributed by atoms with Crippen molar-refractivity contribution in [2.24, 2.45) is 0 Å². The van der Waals surface area contributed by atoms with Gasteiger partial charge in [-0.05, 0) is 49.7 Å². The van der Waals surface area contributed by atoms with E-state index < -0.39 is 0 Å². The fraction of sp³-hybridized carbons (Fsp3) is 0.133. The lowest BCUT2D eigenvalue weighted by molar-refractivity contribution is 0.101. The SMILES string of the molecule is CC(=O)c1cc(Nc2ccc(C)c(Cl)c2)ccc1N. The van der Waals surface area contributed by atoms with Crippen LogP contribution in [0.2, 0.25) is 5.02 Å². The fourth-order valence-corrected chi connectivity index (χ4v) is 1.96. The quantitative estimate of drug-likeness (QED) is 0.652. The Balaban J connectivity index is 2.30. The Morgan fingerprint density at radius 3 is 2.42 bits per heavy atom. The first-order valence-electron chi connectivity index (χ1n) is 5.91. The number of benzene rings is 2. The number of aryl methyl sites for hydroxylation is 1. The minimum Gasteiger partial charge on any atom is -0.398 e. The second-order valence-electron chi connectivity index (χ2n) is 4.45. The first-order valence-corrected chi connectivity index (χ1v) is 6.29. The molecule has 2 aromatic rings. The van der Waals surface area contributed by atoms with Gasteiger partial charge in [0.25, 0.3) is 0 Å². The number of hydrogen-bond acceptors (Lipinski definition) is 3. The topological polar surface area (TPSA) is 55.1 Å². The monoisotopic (exact) mass is 274 g/mol. The van der Waals surface area contributed by atoms with Crippen LogP contribution in [0, 0.1) is 6.92 Å². The molecule has 0 fully saturated rings. The van der Waals surface area contributed by atoms with E-state index in [-0.39, 0.29) is 5.78 Å². The number of ketones is 1. The van der Waals surface area contributed by atoms with Crippen molar-refractivity contribution in [1.29, 1.82) is 0 Å². The summed E-state index contributed by atoms with van der Waals surface area (Å²) < 4.78 is 0. The van der Waals surface area contributed by atoms with Gasteiger partial charge in [0.05, 0.1) is 0 Å². The van der Waals surface area contributed by atoms with Crippen LogP contribution < -0.4 is 11.1 Å². The van der Waals surface area contributed by atoms with E-state index in [1.807, 2.05) is 31.2 Å². The smallest absolute Gasteiger partial charge is 0.161 e. The molecule has 2 aromatic carbocycles. The van der Waals surface area contributed by atoms with Crippen LogP contribution in [-0.4, -0.2) is 5.78 Å². The second-order valence-corrected chi connectivity index (χ2v) is 4.85. The third kappa shape index (κ3) is 3.06. The van der Waals surface area contributed by atoms with E-state index in [1.54, 1.807) is 12.1 Å². The van der Waals surface area contributed by atoms with Crippen LogP contribution in [0.3, 0.4) is 0 Å². The maximum Gasteiger partial charge on any atom is 0.161 e. The summed E-state index contributed by atoms with van der Waals surface area (Å²) in [5.74, 6) is -0.0527. The zero-order chi connectivity index (χ0) is 14.0. The number of nitrogen functional groups attached to an aromatic ring is 1. The number of anilines is 3. The average molecular weight is 275 g/mol. The molecule has 3 N–H and O–H groups in total. The summed E-state index contributed by atoms with van der Waals surface area (Å²) in [4.78, 5) is 11.4. The molecule has 0 spiro atoms. The van der Waals surface area contributed by atoms with Gasteiger partial charge >= 0.3 is 0 Å². The Morgan fingerprint density at radius 2 is 1.79 bits per heavy atom. The van der Waals surface area contributed by atoms with Gasteiger partial charge in [0, 0.05) is 27.6 Å². The van der Waals surface area contributed by atoms with Crippen LogP contribution in [0.4, 0.5) is 17.1 Å². The van der Waals surface area contributed by atoms with Gasteiger partial charge < -0.3 is 11.1 Å². The van der Waals surface area contributed by atoms with Gasteiger partial charge in [-0.1, -0.05) is 17.7 Å². The molecule has 3 nitrogen and oxygen atoms in total. The summed E-state index contributed by atoms with van der Waals surface area (Å²) in [5.41, 5.74) is 9.46. The zero-order valence-corrected chi connectivity index (χ0v) is 11.6. The molecule has 0 aliphatic rings. The molecular weight excluding hydrogens is 260 g/mol. The van der Waals surface area contributed by atoms with Crippen molar-refractivity contribution in [1.82, 2.24) is 0 Å². The van der Waals surface area contributed by atoms with E-state index >= 15 is 0 Å². The van der Waals surface area contributed by atoms with E-state index in [1.165, 1.54) is 6.92 Å². The second kappa shape index (κ2) is 5.33. The predicted molar refractivity (Wildman–Crippen MR) is 80.3 cm³/mol. The molecular formula is C15H15ClN2O. The number of carbonyl (C=O) groups is 1. The Kier molecular flexibility index (Phi) is 3.76. The lowest BCUT2D eigenvalue weighted by atomic mass is 10.1. The van der Waals surface area contributed by atoms with Gasteiger partial charge in [-0.3, -0.25) is 4.79 Å². The lowest BCUT2D eigenvalue weighted by Gasteiger charge is -2.10. The third-order valence-corrected chi connectivity index (χ3v) is 3.30. The summed E-state index contributed by atoms with van der Waals surface area (Å²) in [6.45, 7) is 3.45. The highest BCUT2D eigenvalue weighted by Gasteiger charge is 2.06. The van der Waals surface area contributed by atoms with E-state index in [0.717, 1.165) is 16.9 Å². The third-order valence-electron chi connectivity index (χ3n) is 2.89. The van der Waals surface area contributed by atoms with Crippen molar-refractivity contribution in [2.75, 3.05) is 11.1 Å². The Hall–Kier alpha value is -2.00. The molecule has 0 radical (unpaired) electrons. The first kappa shape index (κ1) is 13.4. The Labute approximate surface area is 117 Å². The van der Waals surface area contributed by atoms with Gasteiger partial charge in [-0.15, -0.1) is 0 Å². The molecule has 0 saturated carbocycles. The highest BCUT2D eigenvalue weighted by molar-refractivity contribution is 6.31. The number of nitrogens with two attached hydrogens (primary N) is 1. The van der Waals surface area contributed by atoms with Gasteiger partial charge in [-0.2, -0.15) is 0 Å². The van der Waals surface area contributed by atoms with Crippen molar-refractivity contribution >= 4 is 34.4 Å². The Bertz CT molecular complexity index is 638. The van der Waals surface area contributed by atoms with Gasteiger partial charge in [0.2, 0.25) is 0 Å². The predicted octanol–water partition coefficient (Wildman–Crippen LogP) is 4.18. The normalized spacial score (nSPS) is 10.3. The van der Waals surface area contributed by atoms with Gasteiger partial charge in [-0.25, -0.2) is 0 Å². The molecule has 0 aliphatic carbocycles. The molecule has 98 valence electrons. The highest BCUT2D eigenvalue weighted by atomic mass is 35.5. The van der Waals surface area contributed by atoms with E-state index in [2.05, 4.69) is 5.32 Å². The standard InChI is InChI=1S/C15H15ClN2O/c1-9-3-4-12(8-14(9)16)18-11-5-6-15(17)13(7-11)10(2)19/h3-8,18H,17H2,1-2H3. The molecule has 0 saturated heterocycles. The molecule has 4 heteroatoms. The molecule has 2 rings (SSSR count). The molecule has 0 atom stereocenters. The van der Waals surface area contributed by atoms with Crippen LogP contribution in [0.25, 0.3) is 0 Å². The number of nitrogens with one attached hydrogen (secondary N) is 1.